The first-order valence-electron chi connectivity index (χ1n) is 6.60. The van der Waals surface area contributed by atoms with Gasteiger partial charge in [0.25, 0.3) is 0 Å². The molecule has 1 rings (SSSR count). The minimum atomic E-state index is -0.0268. The molecule has 0 aromatic rings. The van der Waals surface area contributed by atoms with Crippen LogP contribution in [0, 0.1) is 5.41 Å². The van der Waals surface area contributed by atoms with Crippen molar-refractivity contribution in [3.63, 3.8) is 0 Å². The van der Waals surface area contributed by atoms with Gasteiger partial charge < -0.3 is 10.4 Å². The van der Waals surface area contributed by atoms with E-state index >= 15 is 0 Å². The molecule has 0 unspecified atom stereocenters. The van der Waals surface area contributed by atoms with Gasteiger partial charge in [-0.1, -0.05) is 20.8 Å². The standard InChI is InChI=1S/C13H26N2O2/c1-4-15(11-5-6-11)9-12(17)14-10-13(2,3)7-8-16/h11,16H,4-10H2,1-3H3,(H,14,17). The van der Waals surface area contributed by atoms with E-state index < -0.39 is 0 Å². The second-order valence-electron chi connectivity index (χ2n) is 5.71. The summed E-state index contributed by atoms with van der Waals surface area (Å²) in [5.74, 6) is 0.102. The van der Waals surface area contributed by atoms with E-state index in [2.05, 4.69) is 31.0 Å². The molecule has 0 spiro atoms. The summed E-state index contributed by atoms with van der Waals surface area (Å²) in [5.41, 5.74) is -0.0268. The number of likely N-dealkylation sites (N-methyl/N-ethyl adjacent to an activating group) is 1. The summed E-state index contributed by atoms with van der Waals surface area (Å²) in [6.45, 7) is 8.47. The Morgan fingerprint density at radius 1 is 1.47 bits per heavy atom. The van der Waals surface area contributed by atoms with E-state index in [0.29, 0.717) is 25.6 Å². The molecule has 1 fully saturated rings. The van der Waals surface area contributed by atoms with Gasteiger partial charge in [-0.25, -0.2) is 0 Å². The fraction of sp³-hybridized carbons (Fsp3) is 0.923. The van der Waals surface area contributed by atoms with Crippen molar-refractivity contribution in [1.82, 2.24) is 10.2 Å². The maximum atomic E-state index is 11.8. The van der Waals surface area contributed by atoms with E-state index in [1.54, 1.807) is 0 Å². The predicted octanol–water partition coefficient (Wildman–Crippen LogP) is 0.995. The Hall–Kier alpha value is -0.610. The van der Waals surface area contributed by atoms with Crippen LogP contribution in [0.3, 0.4) is 0 Å². The van der Waals surface area contributed by atoms with Gasteiger partial charge in [-0.3, -0.25) is 9.69 Å². The monoisotopic (exact) mass is 242 g/mol. The molecule has 4 nitrogen and oxygen atoms in total. The van der Waals surface area contributed by atoms with Crippen LogP contribution in [0.15, 0.2) is 0 Å². The Balaban J connectivity index is 2.24. The highest BCUT2D eigenvalue weighted by atomic mass is 16.3. The number of hydrogen-bond acceptors (Lipinski definition) is 3. The fourth-order valence-electron chi connectivity index (χ4n) is 1.91. The lowest BCUT2D eigenvalue weighted by Gasteiger charge is -2.25. The molecule has 0 aromatic carbocycles. The zero-order chi connectivity index (χ0) is 12.9. The van der Waals surface area contributed by atoms with Crippen LogP contribution < -0.4 is 5.32 Å². The number of rotatable bonds is 8. The number of nitrogens with one attached hydrogen (secondary N) is 1. The van der Waals surface area contributed by atoms with Crippen LogP contribution in [0.2, 0.25) is 0 Å². The number of nitrogens with zero attached hydrogens (tertiary/aromatic N) is 1. The van der Waals surface area contributed by atoms with Crippen molar-refractivity contribution in [2.75, 3.05) is 26.2 Å². The number of carbonyl (C=O) groups is 1. The lowest BCUT2D eigenvalue weighted by Crippen LogP contribution is -2.41. The summed E-state index contributed by atoms with van der Waals surface area (Å²) >= 11 is 0. The zero-order valence-corrected chi connectivity index (χ0v) is 11.3. The number of carbonyl (C=O) groups excluding carboxylic acids is 1. The Morgan fingerprint density at radius 2 is 2.12 bits per heavy atom. The Labute approximate surface area is 104 Å². The van der Waals surface area contributed by atoms with Crippen molar-refractivity contribution in [2.24, 2.45) is 5.41 Å². The average Bonchev–Trinajstić information content (AvgIpc) is 3.07. The van der Waals surface area contributed by atoms with Crippen molar-refractivity contribution < 1.29 is 9.90 Å². The predicted molar refractivity (Wildman–Crippen MR) is 68.8 cm³/mol. The van der Waals surface area contributed by atoms with E-state index in [-0.39, 0.29) is 17.9 Å². The second kappa shape index (κ2) is 6.36. The normalized spacial score (nSPS) is 16.3. The van der Waals surface area contributed by atoms with E-state index in [1.165, 1.54) is 12.8 Å². The van der Waals surface area contributed by atoms with E-state index in [1.807, 2.05) is 0 Å². The second-order valence-corrected chi connectivity index (χ2v) is 5.71. The van der Waals surface area contributed by atoms with Gasteiger partial charge in [0, 0.05) is 19.2 Å². The molecule has 0 aliphatic heterocycles. The molecule has 0 heterocycles. The summed E-state index contributed by atoms with van der Waals surface area (Å²) in [7, 11) is 0. The van der Waals surface area contributed by atoms with E-state index in [9.17, 15) is 4.79 Å². The number of aliphatic hydroxyl groups excluding tert-OH is 1. The van der Waals surface area contributed by atoms with Crippen molar-refractivity contribution >= 4 is 5.91 Å². The molecule has 0 saturated heterocycles. The molecule has 0 aromatic heterocycles. The van der Waals surface area contributed by atoms with Gasteiger partial charge in [0.15, 0.2) is 0 Å². The van der Waals surface area contributed by atoms with Crippen LogP contribution in [0.25, 0.3) is 0 Å². The van der Waals surface area contributed by atoms with Crippen LogP contribution in [0.4, 0.5) is 0 Å². The molecular formula is C13H26N2O2. The maximum absolute atomic E-state index is 11.8. The van der Waals surface area contributed by atoms with Crippen molar-refractivity contribution in [3.05, 3.63) is 0 Å². The van der Waals surface area contributed by atoms with Crippen LogP contribution in [0.5, 0.6) is 0 Å². The lowest BCUT2D eigenvalue weighted by molar-refractivity contribution is -0.122. The molecule has 0 atom stereocenters. The fourth-order valence-corrected chi connectivity index (χ4v) is 1.91. The van der Waals surface area contributed by atoms with Crippen LogP contribution in [-0.4, -0.2) is 48.2 Å². The van der Waals surface area contributed by atoms with Gasteiger partial charge >= 0.3 is 0 Å². The van der Waals surface area contributed by atoms with Crippen LogP contribution >= 0.6 is 0 Å². The third-order valence-electron chi connectivity index (χ3n) is 3.37. The van der Waals surface area contributed by atoms with Gasteiger partial charge in [-0.05, 0) is 31.2 Å². The number of hydrogen-bond donors (Lipinski definition) is 2. The molecule has 2 N–H and O–H groups in total. The van der Waals surface area contributed by atoms with Crippen LogP contribution in [-0.2, 0) is 4.79 Å². The summed E-state index contributed by atoms with van der Waals surface area (Å²) in [5, 5.41) is 11.9. The Kier molecular flexibility index (Phi) is 5.40. The van der Waals surface area contributed by atoms with Crippen molar-refractivity contribution in [1.29, 1.82) is 0 Å². The highest BCUT2D eigenvalue weighted by Crippen LogP contribution is 2.26. The third kappa shape index (κ3) is 5.50. The Bertz CT molecular complexity index is 250. The first-order valence-corrected chi connectivity index (χ1v) is 6.60. The molecule has 1 amide bonds. The Morgan fingerprint density at radius 3 is 2.59 bits per heavy atom. The molecular weight excluding hydrogens is 216 g/mol. The van der Waals surface area contributed by atoms with Crippen molar-refractivity contribution in [3.8, 4) is 0 Å². The summed E-state index contributed by atoms with van der Waals surface area (Å²) in [6.07, 6.45) is 3.18. The quantitative estimate of drug-likeness (QED) is 0.667. The van der Waals surface area contributed by atoms with Crippen LogP contribution in [0.1, 0.15) is 40.0 Å². The van der Waals surface area contributed by atoms with Gasteiger partial charge in [-0.2, -0.15) is 0 Å². The number of aliphatic hydroxyl groups is 1. The van der Waals surface area contributed by atoms with Gasteiger partial charge in [-0.15, -0.1) is 0 Å². The largest absolute Gasteiger partial charge is 0.396 e. The average molecular weight is 242 g/mol. The highest BCUT2D eigenvalue weighted by Gasteiger charge is 2.29. The first kappa shape index (κ1) is 14.5. The smallest absolute Gasteiger partial charge is 0.234 e. The van der Waals surface area contributed by atoms with Gasteiger partial charge in [0.1, 0.15) is 0 Å². The first-order chi connectivity index (χ1) is 7.98. The maximum Gasteiger partial charge on any atom is 0.234 e. The molecule has 1 aliphatic rings. The SMILES string of the molecule is CCN(CC(=O)NCC(C)(C)CCO)C1CC1. The summed E-state index contributed by atoms with van der Waals surface area (Å²) in [6, 6.07) is 0.635. The summed E-state index contributed by atoms with van der Waals surface area (Å²) < 4.78 is 0. The van der Waals surface area contributed by atoms with Crippen molar-refractivity contribution in [2.45, 2.75) is 46.1 Å². The molecule has 4 heteroatoms. The topological polar surface area (TPSA) is 52.6 Å². The number of amides is 1. The minimum Gasteiger partial charge on any atom is -0.396 e. The molecule has 0 radical (unpaired) electrons. The van der Waals surface area contributed by atoms with Gasteiger partial charge in [0.05, 0.1) is 6.54 Å². The van der Waals surface area contributed by atoms with E-state index in [0.717, 1.165) is 6.54 Å². The molecule has 1 saturated carbocycles. The summed E-state index contributed by atoms with van der Waals surface area (Å²) in [4.78, 5) is 14.0. The lowest BCUT2D eigenvalue weighted by atomic mass is 9.90. The third-order valence-corrected chi connectivity index (χ3v) is 3.37. The van der Waals surface area contributed by atoms with E-state index in [4.69, 9.17) is 5.11 Å². The molecule has 1 aliphatic carbocycles. The van der Waals surface area contributed by atoms with Gasteiger partial charge in [0.2, 0.25) is 5.91 Å². The molecule has 0 bridgehead atoms. The molecule has 17 heavy (non-hydrogen) atoms. The highest BCUT2D eigenvalue weighted by molar-refractivity contribution is 5.78. The zero-order valence-electron chi connectivity index (χ0n) is 11.3. The minimum absolute atomic E-state index is 0.0268. The molecule has 100 valence electrons.